The van der Waals surface area contributed by atoms with Gasteiger partial charge in [-0.05, 0) is 66.1 Å². The molecule has 1 aliphatic rings. The number of carbonyl (C=O) groups is 1. The van der Waals surface area contributed by atoms with Crippen LogP contribution in [0.15, 0.2) is 65.4 Å². The van der Waals surface area contributed by atoms with Gasteiger partial charge in [-0.3, -0.25) is 4.79 Å². The molecule has 1 fully saturated rings. The van der Waals surface area contributed by atoms with Crippen LogP contribution in [0.2, 0.25) is 0 Å². The van der Waals surface area contributed by atoms with Crippen molar-refractivity contribution in [2.24, 2.45) is 0 Å². The fourth-order valence-corrected chi connectivity index (χ4v) is 3.77. The van der Waals surface area contributed by atoms with E-state index >= 15 is 0 Å². The Bertz CT molecular complexity index is 1160. The molecule has 5 rings (SSSR count). The molecule has 10 heteroatoms. The quantitative estimate of drug-likeness (QED) is 0.458. The van der Waals surface area contributed by atoms with Crippen molar-refractivity contribution in [2.75, 3.05) is 13.2 Å². The van der Waals surface area contributed by atoms with Crippen LogP contribution in [-0.4, -0.2) is 54.3 Å². The SMILES string of the molecule is O=C(COc1ccccc1)N1CCCCC1c1noc(-c2ccc(-n3cnnn3)cc2)n1. The summed E-state index contributed by atoms with van der Waals surface area (Å²) in [7, 11) is 0. The Balaban J connectivity index is 1.29. The van der Waals surface area contributed by atoms with E-state index in [1.807, 2.05) is 54.6 Å². The third-order valence-electron chi connectivity index (χ3n) is 5.40. The largest absolute Gasteiger partial charge is 0.484 e. The van der Waals surface area contributed by atoms with Crippen LogP contribution in [0.3, 0.4) is 0 Å². The van der Waals surface area contributed by atoms with Gasteiger partial charge in [-0.1, -0.05) is 23.4 Å². The molecule has 0 radical (unpaired) electrons. The second-order valence-electron chi connectivity index (χ2n) is 7.46. The first-order chi connectivity index (χ1) is 15.8. The predicted octanol–water partition coefficient (Wildman–Crippen LogP) is 2.84. The first-order valence-electron chi connectivity index (χ1n) is 10.4. The Kier molecular flexibility index (Phi) is 5.56. The van der Waals surface area contributed by atoms with Gasteiger partial charge in [-0.25, -0.2) is 4.68 Å². The van der Waals surface area contributed by atoms with Crippen molar-refractivity contribution in [2.45, 2.75) is 25.3 Å². The molecule has 1 amide bonds. The summed E-state index contributed by atoms with van der Waals surface area (Å²) in [5, 5.41) is 15.3. The maximum Gasteiger partial charge on any atom is 0.261 e. The molecular weight excluding hydrogens is 410 g/mol. The van der Waals surface area contributed by atoms with Crippen molar-refractivity contribution < 1.29 is 14.1 Å². The van der Waals surface area contributed by atoms with Crippen molar-refractivity contribution in [3.05, 3.63) is 66.7 Å². The summed E-state index contributed by atoms with van der Waals surface area (Å²) in [4.78, 5) is 19.3. The van der Waals surface area contributed by atoms with E-state index < -0.39 is 0 Å². The smallest absolute Gasteiger partial charge is 0.261 e. The highest BCUT2D eigenvalue weighted by atomic mass is 16.5. The molecular formula is C22H21N7O3. The number of para-hydroxylation sites is 1. The number of hydrogen-bond donors (Lipinski definition) is 0. The lowest BCUT2D eigenvalue weighted by atomic mass is 10.0. The van der Waals surface area contributed by atoms with Crippen LogP contribution < -0.4 is 4.74 Å². The van der Waals surface area contributed by atoms with Crippen LogP contribution in [0.4, 0.5) is 0 Å². The fraction of sp³-hybridized carbons (Fsp3) is 0.273. The van der Waals surface area contributed by atoms with Crippen LogP contribution >= 0.6 is 0 Å². The van der Waals surface area contributed by atoms with E-state index in [1.165, 1.54) is 6.33 Å². The number of amides is 1. The Morgan fingerprint density at radius 3 is 2.72 bits per heavy atom. The summed E-state index contributed by atoms with van der Waals surface area (Å²) in [5.41, 5.74) is 1.60. The number of piperidine rings is 1. The standard InChI is InChI=1S/C22H21N7O3/c30-20(14-31-18-6-2-1-3-7-18)28-13-5-4-8-19(28)21-24-22(32-25-21)16-9-11-17(12-10-16)29-15-23-26-27-29/h1-3,6-7,9-12,15,19H,4-5,8,13-14H2. The highest BCUT2D eigenvalue weighted by Crippen LogP contribution is 2.31. The molecule has 32 heavy (non-hydrogen) atoms. The van der Waals surface area contributed by atoms with Crippen LogP contribution in [0, 0.1) is 0 Å². The lowest BCUT2D eigenvalue weighted by molar-refractivity contribution is -0.137. The topological polar surface area (TPSA) is 112 Å². The number of tetrazole rings is 1. The number of aromatic nitrogens is 6. The number of carbonyl (C=O) groups excluding carboxylic acids is 1. The fourth-order valence-electron chi connectivity index (χ4n) is 3.77. The second-order valence-corrected chi connectivity index (χ2v) is 7.46. The zero-order chi connectivity index (χ0) is 21.8. The molecule has 3 heterocycles. The molecule has 2 aromatic carbocycles. The van der Waals surface area contributed by atoms with Gasteiger partial charge in [0.1, 0.15) is 12.1 Å². The van der Waals surface area contributed by atoms with E-state index in [4.69, 9.17) is 9.26 Å². The van der Waals surface area contributed by atoms with Crippen LogP contribution in [0.5, 0.6) is 5.75 Å². The van der Waals surface area contributed by atoms with Crippen LogP contribution in [-0.2, 0) is 4.79 Å². The summed E-state index contributed by atoms with van der Waals surface area (Å²) < 4.78 is 12.7. The van der Waals surface area contributed by atoms with Gasteiger partial charge in [-0.15, -0.1) is 5.10 Å². The van der Waals surface area contributed by atoms with E-state index in [9.17, 15) is 4.79 Å². The van der Waals surface area contributed by atoms with Gasteiger partial charge in [0.05, 0.1) is 11.7 Å². The van der Waals surface area contributed by atoms with Gasteiger partial charge in [-0.2, -0.15) is 4.98 Å². The Labute approximate surface area is 183 Å². The summed E-state index contributed by atoms with van der Waals surface area (Å²) in [6.45, 7) is 0.621. The van der Waals surface area contributed by atoms with E-state index in [2.05, 4.69) is 25.7 Å². The van der Waals surface area contributed by atoms with E-state index in [0.717, 1.165) is 30.5 Å². The van der Waals surface area contributed by atoms with Gasteiger partial charge < -0.3 is 14.2 Å². The first kappa shape index (κ1) is 19.9. The van der Waals surface area contributed by atoms with Crippen molar-refractivity contribution in [3.63, 3.8) is 0 Å². The minimum atomic E-state index is -0.228. The molecule has 1 aliphatic heterocycles. The first-order valence-corrected chi connectivity index (χ1v) is 10.4. The molecule has 10 nitrogen and oxygen atoms in total. The van der Waals surface area contributed by atoms with Gasteiger partial charge in [0.25, 0.3) is 11.8 Å². The highest BCUT2D eigenvalue weighted by molar-refractivity contribution is 5.78. The third kappa shape index (κ3) is 4.20. The van der Waals surface area contributed by atoms with Gasteiger partial charge in [0, 0.05) is 12.1 Å². The monoisotopic (exact) mass is 431 g/mol. The number of nitrogens with zero attached hydrogens (tertiary/aromatic N) is 7. The summed E-state index contributed by atoms with van der Waals surface area (Å²) >= 11 is 0. The zero-order valence-electron chi connectivity index (χ0n) is 17.2. The van der Waals surface area contributed by atoms with Crippen LogP contribution in [0.1, 0.15) is 31.1 Å². The van der Waals surface area contributed by atoms with Gasteiger partial charge in [0.15, 0.2) is 12.4 Å². The molecule has 162 valence electrons. The maximum absolute atomic E-state index is 12.9. The Hall–Kier alpha value is -4.08. The lowest BCUT2D eigenvalue weighted by Gasteiger charge is -2.33. The average Bonchev–Trinajstić information content (AvgIpc) is 3.56. The third-order valence-corrected chi connectivity index (χ3v) is 5.40. The van der Waals surface area contributed by atoms with Crippen molar-refractivity contribution in [1.29, 1.82) is 0 Å². The number of likely N-dealkylation sites (tertiary alicyclic amines) is 1. The molecule has 1 atom stereocenters. The minimum Gasteiger partial charge on any atom is -0.484 e. The molecule has 4 aromatic rings. The second kappa shape index (κ2) is 8.96. The molecule has 0 bridgehead atoms. The summed E-state index contributed by atoms with van der Waals surface area (Å²) in [6, 6.07) is 16.6. The Morgan fingerprint density at radius 1 is 1.09 bits per heavy atom. The van der Waals surface area contributed by atoms with Crippen molar-refractivity contribution >= 4 is 5.91 Å². The number of rotatable bonds is 6. The highest BCUT2D eigenvalue weighted by Gasteiger charge is 2.31. The number of ether oxygens (including phenoxy) is 1. The molecule has 2 aromatic heterocycles. The van der Waals surface area contributed by atoms with Crippen molar-refractivity contribution in [3.8, 4) is 22.9 Å². The normalized spacial score (nSPS) is 16.1. The van der Waals surface area contributed by atoms with Gasteiger partial charge >= 0.3 is 0 Å². The minimum absolute atomic E-state index is 0.0240. The van der Waals surface area contributed by atoms with Crippen molar-refractivity contribution in [1.82, 2.24) is 35.2 Å². The predicted molar refractivity (Wildman–Crippen MR) is 113 cm³/mol. The molecule has 1 unspecified atom stereocenters. The zero-order valence-corrected chi connectivity index (χ0v) is 17.2. The molecule has 0 aliphatic carbocycles. The number of hydrogen-bond acceptors (Lipinski definition) is 8. The van der Waals surface area contributed by atoms with E-state index in [1.54, 1.807) is 9.58 Å². The van der Waals surface area contributed by atoms with E-state index in [-0.39, 0.29) is 18.6 Å². The summed E-state index contributed by atoms with van der Waals surface area (Å²) in [5.74, 6) is 1.50. The summed E-state index contributed by atoms with van der Waals surface area (Å²) in [6.07, 6.45) is 4.25. The molecule has 1 saturated heterocycles. The molecule has 0 N–H and O–H groups in total. The molecule has 0 saturated carbocycles. The van der Waals surface area contributed by atoms with Gasteiger partial charge in [0.2, 0.25) is 0 Å². The average molecular weight is 431 g/mol. The number of benzene rings is 2. The lowest BCUT2D eigenvalue weighted by Crippen LogP contribution is -2.41. The van der Waals surface area contributed by atoms with Crippen LogP contribution in [0.25, 0.3) is 17.1 Å². The maximum atomic E-state index is 12.9. The van der Waals surface area contributed by atoms with E-state index in [0.29, 0.717) is 24.0 Å². The Morgan fingerprint density at radius 2 is 1.94 bits per heavy atom. The molecule has 0 spiro atoms.